The summed E-state index contributed by atoms with van der Waals surface area (Å²) >= 11 is 0. The van der Waals surface area contributed by atoms with Gasteiger partial charge >= 0.3 is 0 Å². The first-order valence-corrected chi connectivity index (χ1v) is 13.2. The molecule has 0 aromatic heterocycles. The molecule has 7 nitrogen and oxygen atoms in total. The molecular weight excluding hydrogens is 496 g/mol. The standard InChI is InChI=1S/C32H34O7/c33-19-28-29(34)30(35)31(36)32(39-28)38-26-15-14-23-17-25(13-12-24(23)18-26)27(16-11-21-7-3-1-4-8-21)37-20-22-9-5-2-6-10-22/h1-10,12-15,17-18,27-36H,11,16,19-20H2/t27-,28+,29-,30-,31+,32?/m1/s1. The average Bonchev–Trinajstić information content (AvgIpc) is 2.98. The molecule has 6 atom stereocenters. The lowest BCUT2D eigenvalue weighted by atomic mass is 9.98. The highest BCUT2D eigenvalue weighted by Gasteiger charge is 2.44. The Bertz CT molecular complexity index is 1280. The topological polar surface area (TPSA) is 109 Å². The van der Waals surface area contributed by atoms with Crippen molar-refractivity contribution in [1.82, 2.24) is 0 Å². The molecule has 0 amide bonds. The van der Waals surface area contributed by atoms with Crippen LogP contribution in [-0.4, -0.2) is 57.7 Å². The van der Waals surface area contributed by atoms with Gasteiger partial charge in [-0.3, -0.25) is 0 Å². The van der Waals surface area contributed by atoms with Crippen LogP contribution in [0.1, 0.15) is 29.2 Å². The van der Waals surface area contributed by atoms with E-state index in [1.54, 1.807) is 6.07 Å². The third-order valence-corrected chi connectivity index (χ3v) is 7.14. The lowest BCUT2D eigenvalue weighted by Gasteiger charge is -2.39. The maximum atomic E-state index is 10.3. The van der Waals surface area contributed by atoms with Crippen molar-refractivity contribution in [1.29, 1.82) is 0 Å². The van der Waals surface area contributed by atoms with E-state index in [4.69, 9.17) is 14.2 Å². The van der Waals surface area contributed by atoms with Gasteiger partial charge in [0, 0.05) is 0 Å². The second-order valence-corrected chi connectivity index (χ2v) is 9.89. The van der Waals surface area contributed by atoms with Crippen molar-refractivity contribution in [2.75, 3.05) is 6.61 Å². The fourth-order valence-corrected chi connectivity index (χ4v) is 4.87. The number of aryl methyl sites for hydroxylation is 1. The van der Waals surface area contributed by atoms with Gasteiger partial charge < -0.3 is 34.6 Å². The maximum Gasteiger partial charge on any atom is 0.229 e. The van der Waals surface area contributed by atoms with E-state index in [1.807, 2.05) is 42.5 Å². The first kappa shape index (κ1) is 27.3. The van der Waals surface area contributed by atoms with Gasteiger partial charge in [-0.25, -0.2) is 0 Å². The minimum absolute atomic E-state index is 0.0974. The first-order valence-electron chi connectivity index (χ1n) is 13.2. The quantitative estimate of drug-likeness (QED) is 0.246. The van der Waals surface area contributed by atoms with Gasteiger partial charge in [0.15, 0.2) is 0 Å². The molecule has 0 aliphatic carbocycles. The lowest BCUT2D eigenvalue weighted by Crippen LogP contribution is -2.60. The summed E-state index contributed by atoms with van der Waals surface area (Å²) in [6.07, 6.45) is -5.02. The summed E-state index contributed by atoms with van der Waals surface area (Å²) in [6, 6.07) is 32.2. The van der Waals surface area contributed by atoms with Crippen LogP contribution in [0.15, 0.2) is 97.1 Å². The molecule has 1 fully saturated rings. The van der Waals surface area contributed by atoms with E-state index in [9.17, 15) is 20.4 Å². The van der Waals surface area contributed by atoms with Gasteiger partial charge in [-0.2, -0.15) is 0 Å². The summed E-state index contributed by atoms with van der Waals surface area (Å²) in [5.74, 6) is 0.431. The number of aliphatic hydroxyl groups excluding tert-OH is 4. The van der Waals surface area contributed by atoms with E-state index >= 15 is 0 Å². The van der Waals surface area contributed by atoms with Crippen LogP contribution in [0.4, 0.5) is 0 Å². The van der Waals surface area contributed by atoms with E-state index in [0.717, 1.165) is 34.7 Å². The van der Waals surface area contributed by atoms with Gasteiger partial charge in [0.25, 0.3) is 0 Å². The third-order valence-electron chi connectivity index (χ3n) is 7.14. The van der Waals surface area contributed by atoms with Gasteiger partial charge in [-0.15, -0.1) is 0 Å². The Hall–Kier alpha value is -3.30. The number of benzene rings is 4. The zero-order valence-electron chi connectivity index (χ0n) is 21.5. The summed E-state index contributed by atoms with van der Waals surface area (Å²) in [7, 11) is 0. The maximum absolute atomic E-state index is 10.3. The largest absolute Gasteiger partial charge is 0.462 e. The van der Waals surface area contributed by atoms with Crippen LogP contribution in [0, 0.1) is 0 Å². The Kier molecular flexibility index (Phi) is 8.88. The summed E-state index contributed by atoms with van der Waals surface area (Å²) in [4.78, 5) is 0. The third kappa shape index (κ3) is 6.65. The molecule has 1 unspecified atom stereocenters. The summed E-state index contributed by atoms with van der Waals surface area (Å²) in [5.41, 5.74) is 3.47. The van der Waals surface area contributed by atoms with E-state index < -0.39 is 37.3 Å². The van der Waals surface area contributed by atoms with Crippen molar-refractivity contribution in [3.05, 3.63) is 114 Å². The van der Waals surface area contributed by atoms with E-state index in [2.05, 4.69) is 48.5 Å². The summed E-state index contributed by atoms with van der Waals surface area (Å²) < 4.78 is 17.7. The molecule has 0 bridgehead atoms. The lowest BCUT2D eigenvalue weighted by molar-refractivity contribution is -0.277. The first-order chi connectivity index (χ1) is 19.0. The minimum Gasteiger partial charge on any atom is -0.462 e. The predicted octanol–water partition coefficient (Wildman–Crippen LogP) is 3.91. The van der Waals surface area contributed by atoms with E-state index in [1.165, 1.54) is 5.56 Å². The van der Waals surface area contributed by atoms with Crippen LogP contribution in [-0.2, 0) is 22.5 Å². The van der Waals surface area contributed by atoms with Crippen molar-refractivity contribution in [3.8, 4) is 5.75 Å². The zero-order chi connectivity index (χ0) is 27.2. The molecule has 1 aliphatic heterocycles. The highest BCUT2D eigenvalue weighted by atomic mass is 16.7. The molecule has 1 aliphatic rings. The SMILES string of the molecule is OC[C@@H]1OC(Oc2ccc3cc([C@@H](CCc4ccccc4)OCc4ccccc4)ccc3c2)[C@@H](O)[C@H](O)[C@@H]1O. The fourth-order valence-electron chi connectivity index (χ4n) is 4.87. The number of hydrogen-bond acceptors (Lipinski definition) is 7. The van der Waals surface area contributed by atoms with Crippen LogP contribution in [0.2, 0.25) is 0 Å². The highest BCUT2D eigenvalue weighted by molar-refractivity contribution is 5.84. The van der Waals surface area contributed by atoms with Gasteiger partial charge in [0.05, 0.1) is 19.3 Å². The number of fused-ring (bicyclic) bond motifs is 1. The van der Waals surface area contributed by atoms with Crippen molar-refractivity contribution in [2.24, 2.45) is 0 Å². The molecule has 0 spiro atoms. The fraction of sp³-hybridized carbons (Fsp3) is 0.312. The number of rotatable bonds is 10. The molecule has 0 saturated carbocycles. The van der Waals surface area contributed by atoms with Gasteiger partial charge in [-0.1, -0.05) is 78.9 Å². The molecule has 4 N–H and O–H groups in total. The molecular formula is C32H34O7. The molecule has 39 heavy (non-hydrogen) atoms. The molecule has 7 heteroatoms. The van der Waals surface area contributed by atoms with Gasteiger partial charge in [-0.05, 0) is 58.5 Å². The van der Waals surface area contributed by atoms with E-state index in [0.29, 0.717) is 12.4 Å². The normalized spacial score (nSPS) is 23.9. The monoisotopic (exact) mass is 530 g/mol. The van der Waals surface area contributed by atoms with Crippen molar-refractivity contribution in [2.45, 2.75) is 56.3 Å². The number of ether oxygens (including phenoxy) is 3. The van der Waals surface area contributed by atoms with Crippen molar-refractivity contribution >= 4 is 10.8 Å². The zero-order valence-corrected chi connectivity index (χ0v) is 21.5. The molecule has 5 rings (SSSR count). The second-order valence-electron chi connectivity index (χ2n) is 9.89. The molecule has 204 valence electrons. The van der Waals surface area contributed by atoms with Crippen molar-refractivity contribution < 1.29 is 34.6 Å². The summed E-state index contributed by atoms with van der Waals surface area (Å²) in [6.45, 7) is 0.00724. The molecule has 0 radical (unpaired) electrons. The van der Waals surface area contributed by atoms with E-state index in [-0.39, 0.29) is 6.10 Å². The Morgan fingerprint density at radius 3 is 2.10 bits per heavy atom. The number of hydrogen-bond donors (Lipinski definition) is 4. The van der Waals surface area contributed by atoms with Crippen LogP contribution >= 0.6 is 0 Å². The molecule has 4 aromatic rings. The number of aliphatic hydroxyl groups is 4. The van der Waals surface area contributed by atoms with Gasteiger partial charge in [0.1, 0.15) is 30.2 Å². The molecule has 1 saturated heterocycles. The van der Waals surface area contributed by atoms with Crippen molar-refractivity contribution in [3.63, 3.8) is 0 Å². The minimum atomic E-state index is -1.49. The van der Waals surface area contributed by atoms with Crippen LogP contribution in [0.25, 0.3) is 10.8 Å². The van der Waals surface area contributed by atoms with Crippen LogP contribution in [0.5, 0.6) is 5.75 Å². The van der Waals surface area contributed by atoms with Crippen LogP contribution < -0.4 is 4.74 Å². The highest BCUT2D eigenvalue weighted by Crippen LogP contribution is 2.31. The predicted molar refractivity (Wildman–Crippen MR) is 147 cm³/mol. The van der Waals surface area contributed by atoms with Gasteiger partial charge in [0.2, 0.25) is 6.29 Å². The Morgan fingerprint density at radius 1 is 0.718 bits per heavy atom. The summed E-state index contributed by atoms with van der Waals surface area (Å²) in [5, 5.41) is 41.7. The molecule has 4 aromatic carbocycles. The average molecular weight is 531 g/mol. The Balaban J connectivity index is 1.33. The Morgan fingerprint density at radius 2 is 1.38 bits per heavy atom. The molecule has 1 heterocycles. The van der Waals surface area contributed by atoms with Crippen LogP contribution in [0.3, 0.4) is 0 Å². The Labute approximate surface area is 227 Å². The smallest absolute Gasteiger partial charge is 0.229 e. The second kappa shape index (κ2) is 12.7.